The lowest BCUT2D eigenvalue weighted by Crippen LogP contribution is -2.55. The first-order chi connectivity index (χ1) is 40.6. The predicted molar refractivity (Wildman–Crippen MR) is 318 cm³/mol. The van der Waals surface area contributed by atoms with E-state index >= 15 is 9.59 Å². The van der Waals surface area contributed by atoms with Crippen molar-refractivity contribution < 1.29 is 66.8 Å². The molecule has 5 rings (SSSR count). The Hall–Kier alpha value is -8.04. The molecule has 3 heterocycles. The number of carbonyl (C=O) groups excluding carboxylic acids is 8. The third-order valence-corrected chi connectivity index (χ3v) is 14.9. The van der Waals surface area contributed by atoms with E-state index in [0.29, 0.717) is 47.4 Å². The van der Waals surface area contributed by atoms with Crippen LogP contribution >= 0.6 is 0 Å². The Morgan fingerprint density at radius 1 is 0.407 bits per heavy atom. The van der Waals surface area contributed by atoms with E-state index in [1.54, 1.807) is 48.8 Å². The summed E-state index contributed by atoms with van der Waals surface area (Å²) >= 11 is 0. The molecule has 1 aliphatic rings. The fraction of sp³-hybridized carbons (Fsp3) is 0.562. The molecule has 1 aliphatic heterocycles. The molecule has 0 saturated carbocycles. The van der Waals surface area contributed by atoms with Gasteiger partial charge < -0.3 is 48.0 Å². The second-order valence-electron chi connectivity index (χ2n) is 23.8. The maximum Gasteiger partial charge on any atom is 0.329 e. The fourth-order valence-electron chi connectivity index (χ4n) is 10.0. The molecule has 1 fully saturated rings. The van der Waals surface area contributed by atoms with E-state index in [1.807, 2.05) is 79.7 Å². The summed E-state index contributed by atoms with van der Waals surface area (Å²) in [6.07, 6.45) is -2.34. The van der Waals surface area contributed by atoms with Gasteiger partial charge in [0.15, 0.2) is 24.4 Å². The summed E-state index contributed by atoms with van der Waals surface area (Å²) in [6, 6.07) is 12.4. The minimum absolute atomic E-state index is 0.0624. The fourth-order valence-corrected chi connectivity index (χ4v) is 10.0. The second-order valence-corrected chi connectivity index (χ2v) is 23.8. The molecule has 2 aromatic carbocycles. The highest BCUT2D eigenvalue weighted by Gasteiger charge is 2.43. The lowest BCUT2D eigenvalue weighted by atomic mass is 9.99. The van der Waals surface area contributed by atoms with Gasteiger partial charge in [-0.1, -0.05) is 104 Å². The Morgan fingerprint density at radius 2 is 0.674 bits per heavy atom. The van der Waals surface area contributed by atoms with Crippen molar-refractivity contribution in [2.24, 2.45) is 23.7 Å². The lowest BCUT2D eigenvalue weighted by molar-refractivity contribution is -0.176. The number of esters is 4. The van der Waals surface area contributed by atoms with Crippen molar-refractivity contribution in [3.05, 3.63) is 107 Å². The van der Waals surface area contributed by atoms with Crippen LogP contribution in [0.15, 0.2) is 73.1 Å². The van der Waals surface area contributed by atoms with Gasteiger partial charge in [-0.3, -0.25) is 19.2 Å². The minimum atomic E-state index is -1.57. The third kappa shape index (κ3) is 19.5. The number of aromatic nitrogens is 4. The average Bonchev–Trinajstić information content (AvgIpc) is 2.62. The monoisotopic (exact) mass is 1190 g/mol. The van der Waals surface area contributed by atoms with Crippen LogP contribution in [0.2, 0.25) is 0 Å². The maximum atomic E-state index is 15.1. The van der Waals surface area contributed by atoms with Gasteiger partial charge >= 0.3 is 23.9 Å². The first kappa shape index (κ1) is 68.7. The zero-order valence-electron chi connectivity index (χ0n) is 52.8. The van der Waals surface area contributed by atoms with Gasteiger partial charge in [0.05, 0.1) is 14.2 Å². The van der Waals surface area contributed by atoms with Gasteiger partial charge in [-0.2, -0.15) is 9.97 Å². The zero-order chi connectivity index (χ0) is 63.7. The number of rotatable bonds is 18. The molecular formula is C64H88N8O14. The van der Waals surface area contributed by atoms with Gasteiger partial charge in [-0.25, -0.2) is 29.1 Å². The van der Waals surface area contributed by atoms with Crippen LogP contribution in [-0.2, 0) is 83.0 Å². The van der Waals surface area contributed by atoms with E-state index in [9.17, 15) is 28.8 Å². The Bertz CT molecular complexity index is 2740. The van der Waals surface area contributed by atoms with Crippen LogP contribution in [0.1, 0.15) is 129 Å². The molecule has 1 saturated heterocycles. The normalized spacial score (nSPS) is 22.3. The van der Waals surface area contributed by atoms with Gasteiger partial charge in [0.2, 0.25) is 11.8 Å². The number of hydrogen-bond donors (Lipinski definition) is 0. The Labute approximate surface area is 506 Å². The van der Waals surface area contributed by atoms with E-state index in [0.717, 1.165) is 30.7 Å². The van der Waals surface area contributed by atoms with E-state index in [1.165, 1.54) is 56.3 Å². The van der Waals surface area contributed by atoms with E-state index in [2.05, 4.69) is 19.9 Å². The molecule has 468 valence electrons. The molecule has 0 spiro atoms. The molecule has 22 heteroatoms. The Kier molecular flexibility index (Phi) is 25.5. The summed E-state index contributed by atoms with van der Waals surface area (Å²) in [5, 5.41) is 0. The number of cyclic esters (lactones) is 4. The molecule has 4 aromatic rings. The van der Waals surface area contributed by atoms with Crippen molar-refractivity contribution >= 4 is 47.5 Å². The highest BCUT2D eigenvalue weighted by atomic mass is 16.6. The van der Waals surface area contributed by atoms with E-state index in [4.69, 9.17) is 28.4 Å². The number of nitrogens with zero attached hydrogens (tertiary/aromatic N) is 8. The topological polar surface area (TPSA) is 256 Å². The molecule has 4 amide bonds. The van der Waals surface area contributed by atoms with Gasteiger partial charge in [0.25, 0.3) is 23.6 Å². The van der Waals surface area contributed by atoms with Crippen LogP contribution in [-0.4, -0.2) is 178 Å². The summed E-state index contributed by atoms with van der Waals surface area (Å²) < 4.78 is 34.8. The molecule has 0 unspecified atom stereocenters. The van der Waals surface area contributed by atoms with Gasteiger partial charge in [0.1, 0.15) is 35.8 Å². The molecule has 0 bridgehead atoms. The first-order valence-electron chi connectivity index (χ1n) is 29.4. The SMILES string of the molecule is COc1ccnc(Cc2ccc(C[C@H]3OC(=O)[C@H](CC(C)C)N(C)C(=O)[C@@H](C)OC(=O)[C@H](CC(C)C)N(C)C(=O)[C@@H](Cc4ccc(Cc5nccc(OC)n5)cc4)OC(=O)[C@H](CC(C)C)N(C)C(=O)[C@@H](C)OC(=O)[C@H](CC(C)C)N(C)C3=O)cc2)n1. The largest absolute Gasteiger partial charge is 0.481 e. The Balaban J connectivity index is 1.58. The van der Waals surface area contributed by atoms with Crippen molar-refractivity contribution in [3.63, 3.8) is 0 Å². The predicted octanol–water partition coefficient (Wildman–Crippen LogP) is 6.44. The number of carbonyl (C=O) groups is 8. The Morgan fingerprint density at radius 3 is 0.953 bits per heavy atom. The number of methoxy groups -OCH3 is 2. The molecule has 8 atom stereocenters. The highest BCUT2D eigenvalue weighted by Crippen LogP contribution is 2.25. The second kappa shape index (κ2) is 31.9. The van der Waals surface area contributed by atoms with Crippen molar-refractivity contribution in [1.82, 2.24) is 39.5 Å². The number of ether oxygens (including phenoxy) is 6. The van der Waals surface area contributed by atoms with Crippen molar-refractivity contribution in [1.29, 1.82) is 0 Å². The van der Waals surface area contributed by atoms with Crippen molar-refractivity contribution in [2.75, 3.05) is 42.4 Å². The summed E-state index contributed by atoms with van der Waals surface area (Å²) in [5.41, 5.74) is 2.82. The standard InChI is InChI=1S/C64H88N8O14/c1-37(2)29-47-61(77)83-41(9)57(73)69(11)50(32-40(7)8)64(80)86-52(34-44-19-23-46(24-20-44)36-54-66-28-26-56(68-54)82-16)60(76)72(14)48(30-38(3)4)62(78)84-42(10)58(74)70(12)49(31-39(5)6)63(79)85-51(59(75)71(47)13)33-43-17-21-45(22-18-43)35-53-65-27-25-55(67-53)81-15/h17-28,37-42,47-52H,29-36H2,1-16H3/t41-,42-,47+,48+,49+,50+,51-,52-/m1/s1. The van der Waals surface area contributed by atoms with Crippen LogP contribution in [0.5, 0.6) is 11.8 Å². The molecule has 0 N–H and O–H groups in total. The molecular weight excluding hydrogens is 1100 g/mol. The molecule has 2 aromatic heterocycles. The van der Waals surface area contributed by atoms with E-state index in [-0.39, 0.29) is 62.2 Å². The van der Waals surface area contributed by atoms with Gasteiger partial charge in [-0.15, -0.1) is 0 Å². The van der Waals surface area contributed by atoms with Crippen LogP contribution in [0.25, 0.3) is 0 Å². The first-order valence-corrected chi connectivity index (χ1v) is 29.4. The van der Waals surface area contributed by atoms with Gasteiger partial charge in [0, 0.05) is 78.4 Å². The number of hydrogen-bond acceptors (Lipinski definition) is 18. The van der Waals surface area contributed by atoms with Crippen LogP contribution in [0.3, 0.4) is 0 Å². The summed E-state index contributed by atoms with van der Waals surface area (Å²) in [6.45, 7) is 17.4. The molecule has 0 radical (unpaired) electrons. The van der Waals surface area contributed by atoms with Gasteiger partial charge in [-0.05, 0) is 85.5 Å². The molecule has 0 aliphatic carbocycles. The quantitative estimate of drug-likeness (QED) is 0.0766. The van der Waals surface area contributed by atoms with Crippen LogP contribution in [0.4, 0.5) is 0 Å². The minimum Gasteiger partial charge on any atom is -0.481 e. The summed E-state index contributed by atoms with van der Waals surface area (Å²) in [7, 11) is 8.54. The van der Waals surface area contributed by atoms with Crippen LogP contribution < -0.4 is 9.47 Å². The molecule has 22 nitrogen and oxygen atoms in total. The van der Waals surface area contributed by atoms with Crippen molar-refractivity contribution in [3.8, 4) is 11.8 Å². The highest BCUT2D eigenvalue weighted by molar-refractivity contribution is 5.94. The summed E-state index contributed by atoms with van der Waals surface area (Å²) in [4.78, 5) is 140. The zero-order valence-corrected chi connectivity index (χ0v) is 52.8. The third-order valence-electron chi connectivity index (χ3n) is 14.9. The summed E-state index contributed by atoms with van der Waals surface area (Å²) in [5.74, 6) is -5.85. The maximum absolute atomic E-state index is 15.1. The lowest BCUT2D eigenvalue weighted by Gasteiger charge is -2.35. The molecule has 86 heavy (non-hydrogen) atoms. The number of benzene rings is 2. The van der Waals surface area contributed by atoms with Crippen LogP contribution in [0, 0.1) is 23.7 Å². The smallest absolute Gasteiger partial charge is 0.329 e. The average molecular weight is 1190 g/mol. The number of amides is 4. The van der Waals surface area contributed by atoms with Crippen molar-refractivity contribution in [2.45, 2.75) is 169 Å². The van der Waals surface area contributed by atoms with E-state index < -0.39 is 96.1 Å². The number of likely N-dealkylation sites (N-methyl/N-ethyl adjacent to an activating group) is 4.